The molecule has 0 bridgehead atoms. The van der Waals surface area contributed by atoms with Crippen molar-refractivity contribution in [1.82, 2.24) is 0 Å². The average molecular weight is 461 g/mol. The van der Waals surface area contributed by atoms with Gasteiger partial charge in [-0.05, 0) is 29.7 Å². The van der Waals surface area contributed by atoms with E-state index in [1.807, 2.05) is 24.3 Å². The van der Waals surface area contributed by atoms with E-state index in [4.69, 9.17) is 5.73 Å². The molecule has 0 aliphatic heterocycles. The second-order valence-electron chi connectivity index (χ2n) is 5.59. The number of alkyl halides is 2. The summed E-state index contributed by atoms with van der Waals surface area (Å²) in [5, 5.41) is 3.01. The molecule has 0 atom stereocenters. The van der Waals surface area contributed by atoms with E-state index < -0.39 is 6.61 Å². The van der Waals surface area contributed by atoms with Gasteiger partial charge in [0.15, 0.2) is 5.96 Å². The predicted octanol–water partition coefficient (Wildman–Crippen LogP) is 4.96. The molecule has 0 saturated heterocycles. The summed E-state index contributed by atoms with van der Waals surface area (Å²) in [5.41, 5.74) is 8.44. The second kappa shape index (κ2) is 10.2. The molecule has 0 saturated carbocycles. The van der Waals surface area contributed by atoms with Crippen molar-refractivity contribution < 1.29 is 13.5 Å². The Labute approximate surface area is 163 Å². The Hall–Kier alpha value is -1.90. The van der Waals surface area contributed by atoms with Crippen LogP contribution in [0.2, 0.25) is 0 Å². The van der Waals surface area contributed by atoms with Gasteiger partial charge in [-0.15, -0.1) is 24.0 Å². The number of benzene rings is 2. The maximum Gasteiger partial charge on any atom is 0.387 e. The van der Waals surface area contributed by atoms with Gasteiger partial charge in [-0.3, -0.25) is 0 Å². The largest absolute Gasteiger partial charge is 0.434 e. The van der Waals surface area contributed by atoms with Crippen molar-refractivity contribution in [3.8, 4) is 5.75 Å². The number of halogens is 3. The highest BCUT2D eigenvalue weighted by atomic mass is 127. The molecule has 0 aromatic heterocycles. The predicted molar refractivity (Wildman–Crippen MR) is 108 cm³/mol. The van der Waals surface area contributed by atoms with E-state index in [0.717, 1.165) is 5.69 Å². The van der Waals surface area contributed by atoms with Gasteiger partial charge in [0.05, 0.1) is 6.54 Å². The fourth-order valence-electron chi connectivity index (χ4n) is 2.18. The second-order valence-corrected chi connectivity index (χ2v) is 5.59. The van der Waals surface area contributed by atoms with Crippen LogP contribution in [0, 0.1) is 0 Å². The van der Waals surface area contributed by atoms with Crippen molar-refractivity contribution in [3.05, 3.63) is 59.7 Å². The number of ether oxygens (including phenoxy) is 1. The molecule has 2 aromatic rings. The van der Waals surface area contributed by atoms with Gasteiger partial charge in [0, 0.05) is 11.3 Å². The number of para-hydroxylation sites is 1. The van der Waals surface area contributed by atoms with Crippen LogP contribution in [0.4, 0.5) is 14.5 Å². The number of nitrogens with two attached hydrogens (primary N) is 1. The number of hydrogen-bond acceptors (Lipinski definition) is 2. The van der Waals surface area contributed by atoms with Crippen LogP contribution in [0.3, 0.4) is 0 Å². The molecule has 0 fully saturated rings. The number of nitrogens with one attached hydrogen (secondary N) is 1. The number of hydrogen-bond donors (Lipinski definition) is 2. The van der Waals surface area contributed by atoms with Crippen LogP contribution >= 0.6 is 24.0 Å². The zero-order valence-corrected chi connectivity index (χ0v) is 16.4. The van der Waals surface area contributed by atoms with Gasteiger partial charge in [0.1, 0.15) is 5.75 Å². The van der Waals surface area contributed by atoms with Gasteiger partial charge >= 0.3 is 6.61 Å². The van der Waals surface area contributed by atoms with Gasteiger partial charge in [-0.2, -0.15) is 8.78 Å². The Morgan fingerprint density at radius 1 is 1.16 bits per heavy atom. The minimum absolute atomic E-state index is 0. The van der Waals surface area contributed by atoms with Crippen molar-refractivity contribution in [2.75, 3.05) is 5.32 Å². The summed E-state index contributed by atoms with van der Waals surface area (Å²) in [6, 6.07) is 14.4. The molecule has 0 aliphatic carbocycles. The van der Waals surface area contributed by atoms with E-state index in [1.54, 1.807) is 18.2 Å². The number of rotatable bonds is 6. The van der Waals surface area contributed by atoms with E-state index in [1.165, 1.54) is 11.6 Å². The molecular weight excluding hydrogens is 439 g/mol. The molecule has 3 N–H and O–H groups in total. The Morgan fingerprint density at radius 3 is 2.56 bits per heavy atom. The Morgan fingerprint density at radius 2 is 1.88 bits per heavy atom. The minimum Gasteiger partial charge on any atom is -0.434 e. The molecule has 136 valence electrons. The molecule has 4 nitrogen and oxygen atoms in total. The van der Waals surface area contributed by atoms with Crippen LogP contribution in [-0.4, -0.2) is 12.6 Å². The number of nitrogens with zero attached hydrogens (tertiary/aromatic N) is 1. The van der Waals surface area contributed by atoms with E-state index >= 15 is 0 Å². The summed E-state index contributed by atoms with van der Waals surface area (Å²) in [5.74, 6) is 0.719. The van der Waals surface area contributed by atoms with Crippen LogP contribution in [0.15, 0.2) is 53.5 Å². The lowest BCUT2D eigenvalue weighted by Crippen LogP contribution is -2.22. The minimum atomic E-state index is -2.87. The lowest BCUT2D eigenvalue weighted by molar-refractivity contribution is -0.0504. The first-order valence-corrected chi connectivity index (χ1v) is 7.65. The molecule has 0 radical (unpaired) electrons. The zero-order valence-electron chi connectivity index (χ0n) is 14.1. The summed E-state index contributed by atoms with van der Waals surface area (Å²) in [7, 11) is 0. The average Bonchev–Trinajstić information content (AvgIpc) is 2.53. The summed E-state index contributed by atoms with van der Waals surface area (Å²) in [6.45, 7) is 1.49. The topological polar surface area (TPSA) is 59.6 Å². The van der Waals surface area contributed by atoms with Crippen molar-refractivity contribution >= 4 is 35.6 Å². The Kier molecular flexibility index (Phi) is 8.60. The van der Waals surface area contributed by atoms with Gasteiger partial charge in [-0.1, -0.05) is 44.2 Å². The van der Waals surface area contributed by atoms with Crippen molar-refractivity contribution in [2.45, 2.75) is 32.9 Å². The zero-order chi connectivity index (χ0) is 17.5. The standard InChI is InChI=1S/C18H21F2N3O.HI/c1-12(2)13-7-5-8-15(10-13)23-18(21)22-11-14-6-3-4-9-16(14)24-17(19)20;/h3-10,12,17H,11H2,1-2H3,(H3,21,22,23);1H. The van der Waals surface area contributed by atoms with Crippen LogP contribution < -0.4 is 15.8 Å². The quantitative estimate of drug-likeness (QED) is 0.364. The highest BCUT2D eigenvalue weighted by Gasteiger charge is 2.08. The summed E-state index contributed by atoms with van der Waals surface area (Å²) >= 11 is 0. The molecule has 0 amide bonds. The lowest BCUT2D eigenvalue weighted by Gasteiger charge is -2.11. The molecular formula is C18H22F2IN3O. The number of anilines is 1. The number of guanidine groups is 1. The van der Waals surface area contributed by atoms with Crippen LogP contribution in [-0.2, 0) is 6.54 Å². The van der Waals surface area contributed by atoms with Crippen molar-refractivity contribution in [1.29, 1.82) is 0 Å². The maximum atomic E-state index is 12.4. The molecule has 0 unspecified atom stereocenters. The number of aliphatic imine (C=N–C) groups is 1. The van der Waals surface area contributed by atoms with E-state index in [2.05, 4.69) is 28.9 Å². The molecule has 7 heteroatoms. The van der Waals surface area contributed by atoms with Gasteiger partial charge in [0.25, 0.3) is 0 Å². The smallest absolute Gasteiger partial charge is 0.387 e. The molecule has 2 aromatic carbocycles. The molecule has 0 spiro atoms. The highest BCUT2D eigenvalue weighted by Crippen LogP contribution is 2.21. The first-order chi connectivity index (χ1) is 11.5. The van der Waals surface area contributed by atoms with Crippen molar-refractivity contribution in [2.24, 2.45) is 10.7 Å². The molecule has 2 rings (SSSR count). The third-order valence-electron chi connectivity index (χ3n) is 3.43. The van der Waals surface area contributed by atoms with Crippen LogP contribution in [0.1, 0.15) is 30.9 Å². The Bertz CT molecular complexity index is 708. The fourth-order valence-corrected chi connectivity index (χ4v) is 2.18. The summed E-state index contributed by atoms with van der Waals surface area (Å²) < 4.78 is 29.3. The first kappa shape index (κ1) is 21.1. The third kappa shape index (κ3) is 6.85. The lowest BCUT2D eigenvalue weighted by atomic mass is 10.0. The van der Waals surface area contributed by atoms with Crippen molar-refractivity contribution in [3.63, 3.8) is 0 Å². The van der Waals surface area contributed by atoms with Crippen LogP contribution in [0.25, 0.3) is 0 Å². The van der Waals surface area contributed by atoms with Gasteiger partial charge < -0.3 is 15.8 Å². The molecule has 0 aliphatic rings. The van der Waals surface area contributed by atoms with E-state index in [0.29, 0.717) is 11.5 Å². The SMILES string of the molecule is CC(C)c1cccc(NC(N)=NCc2ccccc2OC(F)F)c1.I. The fraction of sp³-hybridized carbons (Fsp3) is 0.278. The monoisotopic (exact) mass is 461 g/mol. The maximum absolute atomic E-state index is 12.4. The van der Waals surface area contributed by atoms with E-state index in [9.17, 15) is 8.78 Å². The summed E-state index contributed by atoms with van der Waals surface area (Å²) in [6.07, 6.45) is 0. The molecule has 0 heterocycles. The van der Waals surface area contributed by atoms with E-state index in [-0.39, 0.29) is 42.2 Å². The van der Waals surface area contributed by atoms with Crippen LogP contribution in [0.5, 0.6) is 5.75 Å². The van der Waals surface area contributed by atoms with Gasteiger partial charge in [-0.25, -0.2) is 4.99 Å². The third-order valence-corrected chi connectivity index (χ3v) is 3.43. The summed E-state index contributed by atoms with van der Waals surface area (Å²) in [4.78, 5) is 4.19. The Balaban J connectivity index is 0.00000312. The molecule has 25 heavy (non-hydrogen) atoms. The highest BCUT2D eigenvalue weighted by molar-refractivity contribution is 14.0. The van der Waals surface area contributed by atoms with Gasteiger partial charge in [0.2, 0.25) is 0 Å². The first-order valence-electron chi connectivity index (χ1n) is 7.65. The normalized spacial score (nSPS) is 11.4.